The highest BCUT2D eigenvalue weighted by atomic mass is 16.5. The third-order valence-electron chi connectivity index (χ3n) is 2.18. The Hall–Kier alpha value is -2.24. The molecule has 0 aliphatic rings. The smallest absolute Gasteiger partial charge is 0.241 e. The summed E-state index contributed by atoms with van der Waals surface area (Å²) in [6.45, 7) is 0.521. The molecule has 84 valence electrons. The van der Waals surface area contributed by atoms with Crippen molar-refractivity contribution in [3.05, 3.63) is 29.8 Å². The molecule has 0 saturated heterocycles. The van der Waals surface area contributed by atoms with E-state index in [4.69, 9.17) is 16.2 Å². The van der Waals surface area contributed by atoms with E-state index in [1.807, 2.05) is 24.3 Å². The van der Waals surface area contributed by atoms with Gasteiger partial charge in [-0.25, -0.2) is 4.68 Å². The Labute approximate surface area is 92.8 Å². The standard InChI is InChI=1S/C10H13N5O/c1-16-8-4-2-3-7(5-8)6-15-10(12)13-9(11)14-15/h2-5H,6H2,1H3,(H4,11,12,13,14). The molecule has 6 nitrogen and oxygen atoms in total. The molecule has 0 aliphatic heterocycles. The summed E-state index contributed by atoms with van der Waals surface area (Å²) < 4.78 is 6.67. The molecule has 2 rings (SSSR count). The summed E-state index contributed by atoms with van der Waals surface area (Å²) in [7, 11) is 1.63. The average molecular weight is 219 g/mol. The Balaban J connectivity index is 2.23. The van der Waals surface area contributed by atoms with E-state index < -0.39 is 0 Å². The van der Waals surface area contributed by atoms with E-state index >= 15 is 0 Å². The van der Waals surface area contributed by atoms with Gasteiger partial charge in [-0.2, -0.15) is 4.98 Å². The zero-order chi connectivity index (χ0) is 11.5. The van der Waals surface area contributed by atoms with Crippen LogP contribution in [0.15, 0.2) is 24.3 Å². The molecule has 0 saturated carbocycles. The van der Waals surface area contributed by atoms with Crippen molar-refractivity contribution in [2.75, 3.05) is 18.6 Å². The van der Waals surface area contributed by atoms with Crippen LogP contribution in [0.5, 0.6) is 5.75 Å². The number of benzene rings is 1. The van der Waals surface area contributed by atoms with Crippen LogP contribution < -0.4 is 16.2 Å². The number of methoxy groups -OCH3 is 1. The highest BCUT2D eigenvalue weighted by Gasteiger charge is 2.04. The Kier molecular flexibility index (Phi) is 2.63. The van der Waals surface area contributed by atoms with Gasteiger partial charge in [-0.15, -0.1) is 5.10 Å². The number of aromatic nitrogens is 3. The van der Waals surface area contributed by atoms with E-state index in [2.05, 4.69) is 10.1 Å². The van der Waals surface area contributed by atoms with Crippen LogP contribution >= 0.6 is 0 Å². The van der Waals surface area contributed by atoms with E-state index in [-0.39, 0.29) is 5.95 Å². The van der Waals surface area contributed by atoms with Crippen molar-refractivity contribution in [3.63, 3.8) is 0 Å². The SMILES string of the molecule is COc1cccc(Cn2nc(N)nc2N)c1. The van der Waals surface area contributed by atoms with Gasteiger partial charge < -0.3 is 16.2 Å². The van der Waals surface area contributed by atoms with Crippen molar-refractivity contribution in [2.24, 2.45) is 0 Å². The van der Waals surface area contributed by atoms with Gasteiger partial charge >= 0.3 is 0 Å². The molecule has 1 aromatic carbocycles. The van der Waals surface area contributed by atoms with Crippen LogP contribution in [-0.2, 0) is 6.54 Å². The summed E-state index contributed by atoms with van der Waals surface area (Å²) in [5, 5.41) is 3.98. The monoisotopic (exact) mass is 219 g/mol. The number of anilines is 2. The fraction of sp³-hybridized carbons (Fsp3) is 0.200. The highest BCUT2D eigenvalue weighted by molar-refractivity contribution is 5.31. The molecule has 2 aromatic rings. The van der Waals surface area contributed by atoms with E-state index in [0.717, 1.165) is 11.3 Å². The van der Waals surface area contributed by atoms with Crippen LogP contribution in [-0.4, -0.2) is 21.9 Å². The van der Waals surface area contributed by atoms with Gasteiger partial charge in [0.15, 0.2) is 0 Å². The zero-order valence-corrected chi connectivity index (χ0v) is 8.92. The molecule has 0 amide bonds. The molecule has 0 atom stereocenters. The minimum atomic E-state index is 0.181. The average Bonchev–Trinajstić information content (AvgIpc) is 2.58. The summed E-state index contributed by atoms with van der Waals surface area (Å²) in [5.74, 6) is 1.28. The third kappa shape index (κ3) is 2.05. The molecular weight excluding hydrogens is 206 g/mol. The highest BCUT2D eigenvalue weighted by Crippen LogP contribution is 2.14. The molecule has 0 spiro atoms. The maximum atomic E-state index is 5.64. The van der Waals surface area contributed by atoms with Crippen LogP contribution in [0, 0.1) is 0 Å². The summed E-state index contributed by atoms with van der Waals surface area (Å²) in [4.78, 5) is 3.83. The zero-order valence-electron chi connectivity index (χ0n) is 8.92. The van der Waals surface area contributed by atoms with E-state index in [1.54, 1.807) is 11.8 Å². The lowest BCUT2D eigenvalue weighted by molar-refractivity contribution is 0.414. The largest absolute Gasteiger partial charge is 0.497 e. The molecule has 0 bridgehead atoms. The predicted octanol–water partition coefficient (Wildman–Crippen LogP) is 0.499. The molecule has 0 radical (unpaired) electrons. The maximum Gasteiger partial charge on any atom is 0.241 e. The van der Waals surface area contributed by atoms with E-state index in [9.17, 15) is 0 Å². The van der Waals surface area contributed by atoms with Crippen LogP contribution in [0.2, 0.25) is 0 Å². The predicted molar refractivity (Wildman–Crippen MR) is 60.9 cm³/mol. The fourth-order valence-electron chi connectivity index (χ4n) is 1.43. The van der Waals surface area contributed by atoms with Crippen molar-refractivity contribution in [2.45, 2.75) is 6.54 Å². The Morgan fingerprint density at radius 2 is 2.19 bits per heavy atom. The van der Waals surface area contributed by atoms with E-state index in [0.29, 0.717) is 12.5 Å². The second-order valence-corrected chi connectivity index (χ2v) is 3.34. The molecule has 1 aromatic heterocycles. The van der Waals surface area contributed by atoms with Crippen molar-refractivity contribution in [3.8, 4) is 5.75 Å². The minimum Gasteiger partial charge on any atom is -0.497 e. The Morgan fingerprint density at radius 1 is 1.38 bits per heavy atom. The first-order chi connectivity index (χ1) is 7.69. The quantitative estimate of drug-likeness (QED) is 0.784. The molecule has 1 heterocycles. The lowest BCUT2D eigenvalue weighted by Crippen LogP contribution is -2.06. The third-order valence-corrected chi connectivity index (χ3v) is 2.18. The lowest BCUT2D eigenvalue weighted by Gasteiger charge is -2.05. The van der Waals surface area contributed by atoms with Gasteiger partial charge in [-0.3, -0.25) is 0 Å². The molecule has 4 N–H and O–H groups in total. The molecular formula is C10H13N5O. The van der Waals surface area contributed by atoms with Crippen LogP contribution in [0.3, 0.4) is 0 Å². The van der Waals surface area contributed by atoms with Crippen LogP contribution in [0.1, 0.15) is 5.56 Å². The van der Waals surface area contributed by atoms with Gasteiger partial charge in [0, 0.05) is 0 Å². The number of hydrogen-bond donors (Lipinski definition) is 2. The Bertz CT molecular complexity index is 494. The van der Waals surface area contributed by atoms with Gasteiger partial charge in [0.05, 0.1) is 13.7 Å². The number of nitrogen functional groups attached to an aromatic ring is 2. The number of nitrogens with two attached hydrogens (primary N) is 2. The van der Waals surface area contributed by atoms with Crippen molar-refractivity contribution in [1.29, 1.82) is 0 Å². The lowest BCUT2D eigenvalue weighted by atomic mass is 10.2. The summed E-state index contributed by atoms with van der Waals surface area (Å²) >= 11 is 0. The molecule has 0 fully saturated rings. The fourth-order valence-corrected chi connectivity index (χ4v) is 1.43. The molecule has 0 aliphatic carbocycles. The number of rotatable bonds is 3. The maximum absolute atomic E-state index is 5.64. The van der Waals surface area contributed by atoms with Crippen molar-refractivity contribution < 1.29 is 4.74 Å². The second kappa shape index (κ2) is 4.09. The summed E-state index contributed by atoms with van der Waals surface area (Å²) in [6.07, 6.45) is 0. The van der Waals surface area contributed by atoms with Crippen LogP contribution in [0.4, 0.5) is 11.9 Å². The summed E-state index contributed by atoms with van der Waals surface area (Å²) in [5.41, 5.74) is 12.1. The molecule has 0 unspecified atom stereocenters. The van der Waals surface area contributed by atoms with Gasteiger partial charge in [-0.05, 0) is 17.7 Å². The van der Waals surface area contributed by atoms with Crippen molar-refractivity contribution in [1.82, 2.24) is 14.8 Å². The topological polar surface area (TPSA) is 92.0 Å². The van der Waals surface area contributed by atoms with E-state index in [1.165, 1.54) is 0 Å². The molecule has 6 heteroatoms. The van der Waals surface area contributed by atoms with Gasteiger partial charge in [0.1, 0.15) is 5.75 Å². The number of ether oxygens (including phenoxy) is 1. The number of nitrogens with zero attached hydrogens (tertiary/aromatic N) is 3. The first-order valence-corrected chi connectivity index (χ1v) is 4.78. The first-order valence-electron chi connectivity index (χ1n) is 4.78. The van der Waals surface area contributed by atoms with Gasteiger partial charge in [0.2, 0.25) is 11.9 Å². The second-order valence-electron chi connectivity index (χ2n) is 3.34. The summed E-state index contributed by atoms with van der Waals surface area (Å²) in [6, 6.07) is 7.66. The Morgan fingerprint density at radius 3 is 2.81 bits per heavy atom. The van der Waals surface area contributed by atoms with Crippen molar-refractivity contribution >= 4 is 11.9 Å². The normalized spacial score (nSPS) is 10.3. The van der Waals surface area contributed by atoms with Crippen LogP contribution in [0.25, 0.3) is 0 Å². The minimum absolute atomic E-state index is 0.181. The first kappa shape index (κ1) is 10.3. The van der Waals surface area contributed by atoms with Gasteiger partial charge in [0.25, 0.3) is 0 Å². The molecule has 16 heavy (non-hydrogen) atoms. The van der Waals surface area contributed by atoms with Gasteiger partial charge in [-0.1, -0.05) is 12.1 Å². The number of hydrogen-bond acceptors (Lipinski definition) is 5.